The number of ketones is 1. The fraction of sp³-hybridized carbons (Fsp3) is 0.333. The van der Waals surface area contributed by atoms with E-state index >= 15 is 0 Å². The van der Waals surface area contributed by atoms with Crippen molar-refractivity contribution in [1.82, 2.24) is 4.90 Å². The van der Waals surface area contributed by atoms with Crippen LogP contribution in [0.5, 0.6) is 5.75 Å². The molecule has 0 radical (unpaired) electrons. The molecule has 2 atom stereocenters. The number of carbonyl (C=O) groups is 2. The standard InChI is InChI=1S/C24H25NO5/c1-15-5-7-17(8-6-15)22(26)20-21(16-9-11-18(29-2)12-10-16)25(24(28)23(20)27)14-19-4-3-13-30-19/h5-12,19,21,26H,3-4,13-14H2,1-2H3/b22-20-. The van der Waals surface area contributed by atoms with Crippen LogP contribution in [-0.2, 0) is 14.3 Å². The lowest BCUT2D eigenvalue weighted by atomic mass is 9.95. The first-order valence-electron chi connectivity index (χ1n) is 10.1. The summed E-state index contributed by atoms with van der Waals surface area (Å²) in [5.74, 6) is -0.774. The minimum atomic E-state index is -0.679. The Morgan fingerprint density at radius 2 is 1.83 bits per heavy atom. The Morgan fingerprint density at radius 3 is 2.43 bits per heavy atom. The zero-order valence-corrected chi connectivity index (χ0v) is 17.1. The van der Waals surface area contributed by atoms with Gasteiger partial charge in [-0.15, -0.1) is 0 Å². The van der Waals surface area contributed by atoms with Crippen LogP contribution in [0.1, 0.15) is 35.6 Å². The van der Waals surface area contributed by atoms with Gasteiger partial charge in [-0.25, -0.2) is 0 Å². The Balaban J connectivity index is 1.80. The van der Waals surface area contributed by atoms with Crippen molar-refractivity contribution in [2.24, 2.45) is 0 Å². The van der Waals surface area contributed by atoms with Gasteiger partial charge in [-0.2, -0.15) is 0 Å². The number of hydrogen-bond acceptors (Lipinski definition) is 5. The van der Waals surface area contributed by atoms with Crippen molar-refractivity contribution >= 4 is 17.4 Å². The smallest absolute Gasteiger partial charge is 0.295 e. The van der Waals surface area contributed by atoms with Gasteiger partial charge in [-0.3, -0.25) is 9.59 Å². The monoisotopic (exact) mass is 407 g/mol. The quantitative estimate of drug-likeness (QED) is 0.466. The number of nitrogens with zero attached hydrogens (tertiary/aromatic N) is 1. The molecule has 2 heterocycles. The molecule has 2 saturated heterocycles. The first-order valence-corrected chi connectivity index (χ1v) is 10.1. The topological polar surface area (TPSA) is 76.1 Å². The molecule has 6 nitrogen and oxygen atoms in total. The average Bonchev–Trinajstić information content (AvgIpc) is 3.36. The Labute approximate surface area is 175 Å². The molecule has 2 aromatic rings. The summed E-state index contributed by atoms with van der Waals surface area (Å²) in [6.07, 6.45) is 1.67. The minimum absolute atomic E-state index is 0.104. The summed E-state index contributed by atoms with van der Waals surface area (Å²) in [6, 6.07) is 13.8. The highest BCUT2D eigenvalue weighted by Crippen LogP contribution is 2.40. The van der Waals surface area contributed by atoms with Crippen LogP contribution in [0.25, 0.3) is 5.76 Å². The maximum atomic E-state index is 13.0. The highest BCUT2D eigenvalue weighted by atomic mass is 16.5. The minimum Gasteiger partial charge on any atom is -0.507 e. The summed E-state index contributed by atoms with van der Waals surface area (Å²) in [5.41, 5.74) is 2.39. The third-order valence-corrected chi connectivity index (χ3v) is 5.72. The molecular weight excluding hydrogens is 382 g/mol. The SMILES string of the molecule is COc1ccc(C2/C(=C(/O)c3ccc(C)cc3)C(=O)C(=O)N2CC2CCCO2)cc1. The van der Waals surface area contributed by atoms with E-state index in [4.69, 9.17) is 9.47 Å². The van der Waals surface area contributed by atoms with Crippen molar-refractivity contribution in [2.45, 2.75) is 31.9 Å². The van der Waals surface area contributed by atoms with E-state index in [-0.39, 0.29) is 17.4 Å². The van der Waals surface area contributed by atoms with E-state index in [1.54, 1.807) is 31.4 Å². The van der Waals surface area contributed by atoms with Crippen LogP contribution in [-0.4, -0.2) is 48.1 Å². The molecule has 0 spiro atoms. The van der Waals surface area contributed by atoms with E-state index in [2.05, 4.69) is 0 Å². The van der Waals surface area contributed by atoms with Gasteiger partial charge in [0.2, 0.25) is 0 Å². The number of aliphatic hydroxyl groups is 1. The largest absolute Gasteiger partial charge is 0.507 e. The molecule has 0 bridgehead atoms. The molecule has 0 saturated carbocycles. The van der Waals surface area contributed by atoms with Crippen LogP contribution in [0, 0.1) is 6.92 Å². The molecule has 2 unspecified atom stereocenters. The molecule has 2 aromatic carbocycles. The molecule has 2 aliphatic heterocycles. The summed E-state index contributed by atoms with van der Waals surface area (Å²) < 4.78 is 10.9. The van der Waals surface area contributed by atoms with Crippen LogP contribution in [0.2, 0.25) is 0 Å². The van der Waals surface area contributed by atoms with Gasteiger partial charge in [0.15, 0.2) is 0 Å². The molecule has 1 amide bonds. The van der Waals surface area contributed by atoms with Gasteiger partial charge in [0, 0.05) is 18.7 Å². The fourth-order valence-electron chi connectivity index (χ4n) is 4.08. The summed E-state index contributed by atoms with van der Waals surface area (Å²) >= 11 is 0. The number of likely N-dealkylation sites (tertiary alicyclic amines) is 1. The van der Waals surface area contributed by atoms with E-state index < -0.39 is 17.7 Å². The van der Waals surface area contributed by atoms with Crippen LogP contribution >= 0.6 is 0 Å². The van der Waals surface area contributed by atoms with E-state index in [1.165, 1.54) is 4.90 Å². The van der Waals surface area contributed by atoms with Crippen LogP contribution in [0.4, 0.5) is 0 Å². The second kappa shape index (κ2) is 8.32. The van der Waals surface area contributed by atoms with Crippen molar-refractivity contribution in [1.29, 1.82) is 0 Å². The van der Waals surface area contributed by atoms with Gasteiger partial charge in [0.1, 0.15) is 11.5 Å². The zero-order chi connectivity index (χ0) is 21.3. The van der Waals surface area contributed by atoms with Crippen molar-refractivity contribution in [2.75, 3.05) is 20.3 Å². The molecule has 1 N–H and O–H groups in total. The van der Waals surface area contributed by atoms with Crippen LogP contribution in [0.3, 0.4) is 0 Å². The third kappa shape index (κ3) is 3.71. The third-order valence-electron chi connectivity index (χ3n) is 5.72. The summed E-state index contributed by atoms with van der Waals surface area (Å²) in [7, 11) is 1.58. The van der Waals surface area contributed by atoms with E-state index in [9.17, 15) is 14.7 Å². The number of benzene rings is 2. The van der Waals surface area contributed by atoms with E-state index in [1.807, 2.05) is 31.2 Å². The van der Waals surface area contributed by atoms with Gasteiger partial charge in [0.25, 0.3) is 11.7 Å². The molecule has 6 heteroatoms. The lowest BCUT2D eigenvalue weighted by Crippen LogP contribution is -2.36. The number of carbonyl (C=O) groups excluding carboxylic acids is 2. The molecule has 30 heavy (non-hydrogen) atoms. The highest BCUT2D eigenvalue weighted by molar-refractivity contribution is 6.46. The number of hydrogen-bond donors (Lipinski definition) is 1. The number of Topliss-reactive ketones (excluding diaryl/α,β-unsaturated/α-hetero) is 1. The van der Waals surface area contributed by atoms with E-state index in [0.717, 1.165) is 24.0 Å². The Hall–Kier alpha value is -3.12. The van der Waals surface area contributed by atoms with Gasteiger partial charge in [-0.1, -0.05) is 42.0 Å². The molecular formula is C24H25NO5. The Bertz CT molecular complexity index is 972. The van der Waals surface area contributed by atoms with Crippen LogP contribution < -0.4 is 4.74 Å². The molecule has 0 aromatic heterocycles. The Kier molecular flexibility index (Phi) is 5.59. The summed E-state index contributed by atoms with van der Waals surface area (Å²) in [6.45, 7) is 2.92. The number of ether oxygens (including phenoxy) is 2. The van der Waals surface area contributed by atoms with Gasteiger partial charge in [-0.05, 0) is 37.5 Å². The van der Waals surface area contributed by atoms with Gasteiger partial charge >= 0.3 is 0 Å². The molecule has 0 aliphatic carbocycles. The Morgan fingerprint density at radius 1 is 1.13 bits per heavy atom. The number of amides is 1. The second-order valence-corrected chi connectivity index (χ2v) is 7.73. The highest BCUT2D eigenvalue weighted by Gasteiger charge is 2.47. The van der Waals surface area contributed by atoms with Crippen LogP contribution in [0.15, 0.2) is 54.1 Å². The molecule has 2 fully saturated rings. The molecule has 156 valence electrons. The normalized spacial score (nSPS) is 23.2. The number of methoxy groups -OCH3 is 1. The predicted molar refractivity (Wildman–Crippen MR) is 112 cm³/mol. The maximum absolute atomic E-state index is 13.0. The lowest BCUT2D eigenvalue weighted by Gasteiger charge is -2.27. The first-order chi connectivity index (χ1) is 14.5. The average molecular weight is 407 g/mol. The second-order valence-electron chi connectivity index (χ2n) is 7.73. The lowest BCUT2D eigenvalue weighted by molar-refractivity contribution is -0.140. The summed E-state index contributed by atoms with van der Waals surface area (Å²) in [4.78, 5) is 27.5. The van der Waals surface area contributed by atoms with Crippen molar-refractivity contribution < 1.29 is 24.2 Å². The van der Waals surface area contributed by atoms with Gasteiger partial charge in [0.05, 0.1) is 24.8 Å². The predicted octanol–water partition coefficient (Wildman–Crippen LogP) is 3.60. The molecule has 4 rings (SSSR count). The number of aryl methyl sites for hydroxylation is 1. The fourth-order valence-corrected chi connectivity index (χ4v) is 4.08. The maximum Gasteiger partial charge on any atom is 0.295 e. The van der Waals surface area contributed by atoms with Gasteiger partial charge < -0.3 is 19.5 Å². The van der Waals surface area contributed by atoms with Crippen molar-refractivity contribution in [3.05, 3.63) is 70.8 Å². The molecule has 2 aliphatic rings. The summed E-state index contributed by atoms with van der Waals surface area (Å²) in [5, 5.41) is 11.0. The first kappa shape index (κ1) is 20.2. The van der Waals surface area contributed by atoms with Crippen molar-refractivity contribution in [3.63, 3.8) is 0 Å². The number of rotatable bonds is 5. The number of aliphatic hydroxyl groups excluding tert-OH is 1. The zero-order valence-electron chi connectivity index (χ0n) is 17.1. The van der Waals surface area contributed by atoms with E-state index in [0.29, 0.717) is 24.5 Å². The van der Waals surface area contributed by atoms with Crippen molar-refractivity contribution in [3.8, 4) is 5.75 Å².